The predicted molar refractivity (Wildman–Crippen MR) is 53.2 cm³/mol. The second-order valence-corrected chi connectivity index (χ2v) is 2.91. The first-order valence-corrected chi connectivity index (χ1v) is 4.47. The van der Waals surface area contributed by atoms with Crippen LogP contribution in [0.25, 0.3) is 10.4 Å². The van der Waals surface area contributed by atoms with Gasteiger partial charge >= 0.3 is 0 Å². The van der Waals surface area contributed by atoms with Gasteiger partial charge in [-0.1, -0.05) is 12.2 Å². The van der Waals surface area contributed by atoms with E-state index in [-0.39, 0.29) is 6.04 Å². The van der Waals surface area contributed by atoms with Crippen LogP contribution in [-0.2, 0) is 4.79 Å². The van der Waals surface area contributed by atoms with Gasteiger partial charge in [-0.3, -0.25) is 4.79 Å². The van der Waals surface area contributed by atoms with Crippen molar-refractivity contribution in [2.75, 3.05) is 6.54 Å². The molecule has 1 aliphatic rings. The molecule has 0 aliphatic carbocycles. The Labute approximate surface area is 82.3 Å². The average molecular weight is 192 g/mol. The normalized spacial score (nSPS) is 20.1. The van der Waals surface area contributed by atoms with E-state index >= 15 is 0 Å². The van der Waals surface area contributed by atoms with Crippen molar-refractivity contribution < 1.29 is 4.79 Å². The topological polar surface area (TPSA) is 69.1 Å². The Morgan fingerprint density at radius 2 is 2.64 bits per heavy atom. The molecule has 0 aromatic carbocycles. The van der Waals surface area contributed by atoms with Crippen molar-refractivity contribution in [2.24, 2.45) is 5.11 Å². The third kappa shape index (κ3) is 2.64. The van der Waals surface area contributed by atoms with Gasteiger partial charge in [-0.25, -0.2) is 0 Å². The molecule has 0 aromatic heterocycles. The first-order valence-electron chi connectivity index (χ1n) is 4.47. The zero-order valence-corrected chi connectivity index (χ0v) is 8.00. The molecule has 0 saturated heterocycles. The van der Waals surface area contributed by atoms with Crippen molar-refractivity contribution >= 4 is 5.91 Å². The number of rotatable bonds is 3. The van der Waals surface area contributed by atoms with Gasteiger partial charge in [0.25, 0.3) is 0 Å². The van der Waals surface area contributed by atoms with Gasteiger partial charge in [0.1, 0.15) is 0 Å². The second kappa shape index (κ2) is 5.09. The summed E-state index contributed by atoms with van der Waals surface area (Å²) in [7, 11) is 0. The van der Waals surface area contributed by atoms with Crippen molar-refractivity contribution in [3.63, 3.8) is 0 Å². The zero-order valence-electron chi connectivity index (χ0n) is 8.00. The van der Waals surface area contributed by atoms with E-state index in [0.717, 1.165) is 13.0 Å². The number of amides is 1. The largest absolute Gasteiger partial charge is 0.371 e. The second-order valence-electron chi connectivity index (χ2n) is 2.91. The van der Waals surface area contributed by atoms with Crippen LogP contribution in [0.1, 0.15) is 13.3 Å². The Morgan fingerprint density at radius 1 is 1.86 bits per heavy atom. The maximum atomic E-state index is 10.8. The Kier molecular flexibility index (Phi) is 3.76. The summed E-state index contributed by atoms with van der Waals surface area (Å²) in [4.78, 5) is 15.4. The maximum absolute atomic E-state index is 10.8. The minimum absolute atomic E-state index is 0.220. The van der Waals surface area contributed by atoms with E-state index in [1.165, 1.54) is 6.08 Å². The molecular weight excluding hydrogens is 180 g/mol. The lowest BCUT2D eigenvalue weighted by Crippen LogP contribution is -2.24. The minimum Gasteiger partial charge on any atom is -0.371 e. The number of nitrogens with zero attached hydrogens (tertiary/aromatic N) is 4. The Hall–Kier alpha value is -1.74. The number of carbonyl (C=O) groups excluding carboxylic acids is 1. The average Bonchev–Trinajstić information content (AvgIpc) is 2.62. The molecule has 1 aliphatic heterocycles. The Bertz CT molecular complexity index is 315. The minimum atomic E-state index is -0.546. The summed E-state index contributed by atoms with van der Waals surface area (Å²) in [5, 5.41) is 2.95. The van der Waals surface area contributed by atoms with E-state index in [4.69, 9.17) is 5.53 Å². The first-order chi connectivity index (χ1) is 6.77. The van der Waals surface area contributed by atoms with E-state index in [1.54, 1.807) is 6.08 Å². The van der Waals surface area contributed by atoms with Crippen LogP contribution >= 0.6 is 0 Å². The molecule has 0 saturated carbocycles. The fourth-order valence-corrected chi connectivity index (χ4v) is 1.38. The number of hydrogen-bond donors (Lipinski definition) is 0. The highest BCUT2D eigenvalue weighted by Gasteiger charge is 2.13. The van der Waals surface area contributed by atoms with E-state index in [2.05, 4.69) is 21.0 Å². The smallest absolute Gasteiger partial charge is 0.241 e. The van der Waals surface area contributed by atoms with Gasteiger partial charge in [-0.05, 0) is 36.3 Å². The van der Waals surface area contributed by atoms with Crippen molar-refractivity contribution in [3.8, 4) is 0 Å². The van der Waals surface area contributed by atoms with Crippen molar-refractivity contribution in [3.05, 3.63) is 34.9 Å². The fourth-order valence-electron chi connectivity index (χ4n) is 1.38. The molecule has 0 N–H and O–H groups in total. The monoisotopic (exact) mass is 192 g/mol. The van der Waals surface area contributed by atoms with Crippen LogP contribution in [0.4, 0.5) is 0 Å². The SMILES string of the molecule is CCN1C=CCC1/C=C/C(=O)N=[N+]=[N-]. The first kappa shape index (κ1) is 10.3. The highest BCUT2D eigenvalue weighted by atomic mass is 16.1. The van der Waals surface area contributed by atoms with Crippen LogP contribution in [0.3, 0.4) is 0 Å². The van der Waals surface area contributed by atoms with Gasteiger partial charge in [-0.15, -0.1) is 0 Å². The molecule has 74 valence electrons. The summed E-state index contributed by atoms with van der Waals surface area (Å²) in [6, 6.07) is 0.220. The van der Waals surface area contributed by atoms with Crippen molar-refractivity contribution in [1.82, 2.24) is 4.90 Å². The third-order valence-electron chi connectivity index (χ3n) is 2.07. The van der Waals surface area contributed by atoms with Gasteiger partial charge < -0.3 is 4.90 Å². The van der Waals surface area contributed by atoms with Gasteiger partial charge in [0.15, 0.2) is 0 Å². The van der Waals surface area contributed by atoms with Crippen molar-refractivity contribution in [1.29, 1.82) is 0 Å². The fraction of sp³-hybridized carbons (Fsp3) is 0.444. The quantitative estimate of drug-likeness (QED) is 0.297. The Morgan fingerprint density at radius 3 is 3.29 bits per heavy atom. The molecule has 1 heterocycles. The molecule has 5 heteroatoms. The molecule has 0 radical (unpaired) electrons. The van der Waals surface area contributed by atoms with Crippen LogP contribution in [0, 0.1) is 0 Å². The van der Waals surface area contributed by atoms with E-state index in [0.29, 0.717) is 0 Å². The summed E-state index contributed by atoms with van der Waals surface area (Å²) < 4.78 is 0. The highest BCUT2D eigenvalue weighted by molar-refractivity contribution is 5.88. The molecule has 1 amide bonds. The van der Waals surface area contributed by atoms with Gasteiger partial charge in [-0.2, -0.15) is 0 Å². The molecule has 0 aromatic rings. The lowest BCUT2D eigenvalue weighted by molar-refractivity contribution is -0.113. The third-order valence-corrected chi connectivity index (χ3v) is 2.07. The molecule has 1 rings (SSSR count). The summed E-state index contributed by atoms with van der Waals surface area (Å²) >= 11 is 0. The number of hydrogen-bond acceptors (Lipinski definition) is 2. The molecule has 0 spiro atoms. The number of likely N-dealkylation sites (N-methyl/N-ethyl adjacent to an activating group) is 1. The lowest BCUT2D eigenvalue weighted by Gasteiger charge is -2.20. The number of carbonyl (C=O) groups is 1. The van der Waals surface area contributed by atoms with Crippen LogP contribution in [0.2, 0.25) is 0 Å². The summed E-state index contributed by atoms with van der Waals surface area (Å²) in [6.45, 7) is 2.95. The summed E-state index contributed by atoms with van der Waals surface area (Å²) in [5.41, 5.74) is 8.01. The molecule has 5 nitrogen and oxygen atoms in total. The van der Waals surface area contributed by atoms with Crippen molar-refractivity contribution in [2.45, 2.75) is 19.4 Å². The Balaban J connectivity index is 2.52. The number of azide groups is 1. The lowest BCUT2D eigenvalue weighted by atomic mass is 10.2. The highest BCUT2D eigenvalue weighted by Crippen LogP contribution is 2.14. The maximum Gasteiger partial charge on any atom is 0.241 e. The van der Waals surface area contributed by atoms with E-state index in [1.807, 2.05) is 13.1 Å². The molecule has 1 atom stereocenters. The molecular formula is C9H12N4O. The van der Waals surface area contributed by atoms with E-state index < -0.39 is 5.91 Å². The molecule has 0 bridgehead atoms. The predicted octanol–water partition coefficient (Wildman–Crippen LogP) is 1.99. The summed E-state index contributed by atoms with van der Waals surface area (Å²) in [5.74, 6) is -0.546. The molecule has 1 unspecified atom stereocenters. The van der Waals surface area contributed by atoms with Gasteiger partial charge in [0.2, 0.25) is 5.91 Å². The van der Waals surface area contributed by atoms with Crippen LogP contribution < -0.4 is 0 Å². The molecule has 14 heavy (non-hydrogen) atoms. The van der Waals surface area contributed by atoms with Gasteiger partial charge in [0, 0.05) is 11.5 Å². The van der Waals surface area contributed by atoms with E-state index in [9.17, 15) is 4.79 Å². The zero-order chi connectivity index (χ0) is 10.4. The van der Waals surface area contributed by atoms with Gasteiger partial charge in [0.05, 0.1) is 6.04 Å². The summed E-state index contributed by atoms with van der Waals surface area (Å²) in [6.07, 6.45) is 8.04. The van der Waals surface area contributed by atoms with Crippen LogP contribution in [0.15, 0.2) is 29.5 Å². The van der Waals surface area contributed by atoms with Crippen LogP contribution in [0.5, 0.6) is 0 Å². The molecule has 0 fully saturated rings. The van der Waals surface area contributed by atoms with Crippen LogP contribution in [-0.4, -0.2) is 23.4 Å². The standard InChI is InChI=1S/C9H12N4O/c1-2-13-7-3-4-8(13)5-6-9(14)11-12-10/h3,5-8H,2,4H2,1H3/b6-5+.